The fourth-order valence-electron chi connectivity index (χ4n) is 0.958. The van der Waals surface area contributed by atoms with Crippen LogP contribution >= 0.6 is 34.1 Å². The first kappa shape index (κ1) is 7.42. The summed E-state index contributed by atoms with van der Waals surface area (Å²) in [5.74, 6) is 0. The summed E-state index contributed by atoms with van der Waals surface area (Å²) in [5.41, 5.74) is 2.30. The summed E-state index contributed by atoms with van der Waals surface area (Å²) in [4.78, 5) is 0. The molecule has 1 aromatic carbocycles. The number of benzene rings is 1. The Morgan fingerprint density at radius 1 is 1.45 bits per heavy atom. The van der Waals surface area contributed by atoms with Gasteiger partial charge in [0.05, 0.1) is 4.70 Å². The molecule has 2 aromatic rings. The summed E-state index contributed by atoms with van der Waals surface area (Å²) in [5, 5.41) is 4.04. The van der Waals surface area contributed by atoms with E-state index in [0.717, 1.165) is 5.52 Å². The lowest BCUT2D eigenvalue weighted by atomic mass is 10.2. The highest BCUT2D eigenvalue weighted by atomic mass is 127. The van der Waals surface area contributed by atoms with Crippen molar-refractivity contribution in [1.29, 1.82) is 0 Å². The highest BCUT2D eigenvalue weighted by molar-refractivity contribution is 14.1. The first-order valence-corrected chi connectivity index (χ1v) is 5.01. The van der Waals surface area contributed by atoms with E-state index in [1.165, 1.54) is 25.4 Å². The Morgan fingerprint density at radius 2 is 2.27 bits per heavy atom. The number of hydrogen-bond donors (Lipinski definition) is 0. The van der Waals surface area contributed by atoms with Crippen LogP contribution in [0.3, 0.4) is 0 Å². The maximum absolute atomic E-state index is 4.04. The van der Waals surface area contributed by atoms with Crippen LogP contribution in [0.1, 0.15) is 5.56 Å². The van der Waals surface area contributed by atoms with Crippen LogP contribution < -0.4 is 0 Å². The van der Waals surface area contributed by atoms with Gasteiger partial charge in [-0.05, 0) is 52.7 Å². The number of aryl methyl sites for hydroxylation is 1. The lowest BCUT2D eigenvalue weighted by molar-refractivity contribution is 1.19. The van der Waals surface area contributed by atoms with Crippen molar-refractivity contribution in [3.63, 3.8) is 0 Å². The van der Waals surface area contributed by atoms with E-state index in [2.05, 4.69) is 51.2 Å². The van der Waals surface area contributed by atoms with Crippen LogP contribution in [0.15, 0.2) is 12.1 Å². The zero-order valence-electron chi connectivity index (χ0n) is 5.84. The Hall–Kier alpha value is -0.230. The monoisotopic (exact) mass is 276 g/mol. The molecule has 56 valence electrons. The molecule has 1 heterocycles. The van der Waals surface area contributed by atoms with Gasteiger partial charge in [-0.25, -0.2) is 0 Å². The molecule has 11 heavy (non-hydrogen) atoms. The number of hydrogen-bond acceptors (Lipinski definition) is 3. The predicted molar refractivity (Wildman–Crippen MR) is 54.9 cm³/mol. The third kappa shape index (κ3) is 1.14. The highest BCUT2D eigenvalue weighted by Crippen LogP contribution is 2.24. The van der Waals surface area contributed by atoms with E-state index in [9.17, 15) is 0 Å². The van der Waals surface area contributed by atoms with Crippen LogP contribution in [0, 0.1) is 10.5 Å². The minimum Gasteiger partial charge on any atom is -0.137 e. The molecule has 0 atom stereocenters. The largest absolute Gasteiger partial charge is 0.137 e. The molecule has 0 amide bonds. The quantitative estimate of drug-likeness (QED) is 0.691. The Morgan fingerprint density at radius 3 is 3.00 bits per heavy atom. The van der Waals surface area contributed by atoms with Gasteiger partial charge in [-0.15, -0.1) is 5.10 Å². The molecule has 0 unspecified atom stereocenters. The minimum absolute atomic E-state index is 1.04. The molecule has 4 heteroatoms. The summed E-state index contributed by atoms with van der Waals surface area (Å²) in [7, 11) is 0. The smallest absolute Gasteiger partial charge is 0.119 e. The van der Waals surface area contributed by atoms with E-state index in [1.54, 1.807) is 0 Å². The zero-order chi connectivity index (χ0) is 7.84. The molecule has 2 rings (SSSR count). The Balaban J connectivity index is 2.96. The van der Waals surface area contributed by atoms with Gasteiger partial charge in [0.15, 0.2) is 0 Å². The topological polar surface area (TPSA) is 25.8 Å². The summed E-state index contributed by atoms with van der Waals surface area (Å²) in [6.45, 7) is 2.08. The van der Waals surface area contributed by atoms with Crippen LogP contribution in [0.5, 0.6) is 0 Å². The fourth-order valence-corrected chi connectivity index (χ4v) is 2.35. The SMILES string of the molecule is Cc1ccc(I)c2nnsc12. The maximum Gasteiger partial charge on any atom is 0.119 e. The van der Waals surface area contributed by atoms with Crippen LogP contribution in [-0.2, 0) is 0 Å². The summed E-state index contributed by atoms with van der Waals surface area (Å²) >= 11 is 3.74. The molecule has 0 aliphatic rings. The Bertz CT molecular complexity index is 360. The zero-order valence-corrected chi connectivity index (χ0v) is 8.81. The standard InChI is InChI=1S/C7H5IN2S/c1-4-2-3-5(8)6-7(4)11-10-9-6/h2-3H,1H3. The van der Waals surface area contributed by atoms with Crippen molar-refractivity contribution < 1.29 is 0 Å². The van der Waals surface area contributed by atoms with Gasteiger partial charge in [0, 0.05) is 3.57 Å². The molecule has 2 nitrogen and oxygen atoms in total. The lowest BCUT2D eigenvalue weighted by Gasteiger charge is -1.93. The van der Waals surface area contributed by atoms with Gasteiger partial charge < -0.3 is 0 Å². The van der Waals surface area contributed by atoms with Gasteiger partial charge in [-0.3, -0.25) is 0 Å². The van der Waals surface area contributed by atoms with Gasteiger partial charge >= 0.3 is 0 Å². The van der Waals surface area contributed by atoms with Gasteiger partial charge in [-0.1, -0.05) is 10.6 Å². The molecule has 0 fully saturated rings. The molecular formula is C7H5IN2S. The summed E-state index contributed by atoms with van der Waals surface area (Å²) < 4.78 is 6.29. The molecule has 0 radical (unpaired) electrons. The number of halogens is 1. The van der Waals surface area contributed by atoms with E-state index >= 15 is 0 Å². The van der Waals surface area contributed by atoms with Crippen LogP contribution in [0.2, 0.25) is 0 Å². The summed E-state index contributed by atoms with van der Waals surface area (Å²) in [6, 6.07) is 4.17. The van der Waals surface area contributed by atoms with Crippen molar-refractivity contribution in [3.8, 4) is 0 Å². The number of rotatable bonds is 0. The lowest BCUT2D eigenvalue weighted by Crippen LogP contribution is -1.77. The van der Waals surface area contributed by atoms with Crippen molar-refractivity contribution >= 4 is 44.3 Å². The van der Waals surface area contributed by atoms with E-state index in [4.69, 9.17) is 0 Å². The normalized spacial score (nSPS) is 10.7. The second-order valence-corrected chi connectivity index (χ2v) is 4.23. The third-order valence-corrected chi connectivity index (χ3v) is 3.28. The third-order valence-electron chi connectivity index (χ3n) is 1.55. The van der Waals surface area contributed by atoms with E-state index < -0.39 is 0 Å². The average molecular weight is 276 g/mol. The fraction of sp³-hybridized carbons (Fsp3) is 0.143. The number of nitrogens with zero attached hydrogens (tertiary/aromatic N) is 2. The Kier molecular flexibility index (Phi) is 1.80. The molecule has 0 N–H and O–H groups in total. The van der Waals surface area contributed by atoms with Gasteiger partial charge in [-0.2, -0.15) is 0 Å². The molecule has 0 aliphatic carbocycles. The number of aromatic nitrogens is 2. The van der Waals surface area contributed by atoms with Crippen molar-refractivity contribution in [3.05, 3.63) is 21.3 Å². The van der Waals surface area contributed by atoms with Crippen molar-refractivity contribution in [2.75, 3.05) is 0 Å². The summed E-state index contributed by atoms with van der Waals surface area (Å²) in [6.07, 6.45) is 0. The first-order valence-electron chi connectivity index (χ1n) is 3.16. The second kappa shape index (κ2) is 2.67. The molecular weight excluding hydrogens is 271 g/mol. The van der Waals surface area contributed by atoms with Crippen LogP contribution in [-0.4, -0.2) is 9.59 Å². The van der Waals surface area contributed by atoms with Crippen molar-refractivity contribution in [1.82, 2.24) is 9.59 Å². The van der Waals surface area contributed by atoms with Gasteiger partial charge in [0.1, 0.15) is 5.52 Å². The molecule has 0 bridgehead atoms. The molecule has 0 spiro atoms. The van der Waals surface area contributed by atoms with E-state index in [1.807, 2.05) is 0 Å². The van der Waals surface area contributed by atoms with Gasteiger partial charge in [0.2, 0.25) is 0 Å². The molecule has 1 aromatic heterocycles. The first-order chi connectivity index (χ1) is 5.29. The minimum atomic E-state index is 1.04. The molecule has 0 saturated carbocycles. The average Bonchev–Trinajstić information content (AvgIpc) is 2.45. The van der Waals surface area contributed by atoms with Crippen molar-refractivity contribution in [2.45, 2.75) is 6.92 Å². The second-order valence-electron chi connectivity index (χ2n) is 2.31. The van der Waals surface area contributed by atoms with Gasteiger partial charge in [0.25, 0.3) is 0 Å². The number of fused-ring (bicyclic) bond motifs is 1. The molecule has 0 saturated heterocycles. The predicted octanol–water partition coefficient (Wildman–Crippen LogP) is 2.60. The maximum atomic E-state index is 4.04. The van der Waals surface area contributed by atoms with Crippen LogP contribution in [0.25, 0.3) is 10.2 Å². The van der Waals surface area contributed by atoms with E-state index in [0.29, 0.717) is 0 Å². The highest BCUT2D eigenvalue weighted by Gasteiger charge is 2.04. The van der Waals surface area contributed by atoms with E-state index in [-0.39, 0.29) is 0 Å². The molecule has 0 aliphatic heterocycles. The van der Waals surface area contributed by atoms with Crippen LogP contribution in [0.4, 0.5) is 0 Å². The Labute approximate surface area is 81.9 Å². The van der Waals surface area contributed by atoms with Crippen molar-refractivity contribution in [2.24, 2.45) is 0 Å².